The number of nitrogens with one attached hydrogen (secondary N) is 1. The summed E-state index contributed by atoms with van der Waals surface area (Å²) in [7, 11) is 0. The number of aliphatic imine (C=N–C) groups is 1. The lowest BCUT2D eigenvalue weighted by molar-refractivity contribution is 0.453. The second kappa shape index (κ2) is 6.03. The number of benzene rings is 1. The topological polar surface area (TPSA) is 24.4 Å². The van der Waals surface area contributed by atoms with Crippen LogP contribution >= 0.6 is 0 Å². The first-order chi connectivity index (χ1) is 12.1. The summed E-state index contributed by atoms with van der Waals surface area (Å²) in [6, 6.07) is 10.4. The normalized spacial score (nSPS) is 29.7. The van der Waals surface area contributed by atoms with Gasteiger partial charge in [0, 0.05) is 35.5 Å². The number of hydrogen-bond acceptors (Lipinski definition) is 2. The van der Waals surface area contributed by atoms with Crippen LogP contribution in [0.15, 0.2) is 94.3 Å². The van der Waals surface area contributed by atoms with Gasteiger partial charge in [-0.05, 0) is 37.5 Å². The molecule has 2 aliphatic carbocycles. The minimum atomic E-state index is -0.300. The number of nitrogens with zero attached hydrogens (tertiary/aromatic N) is 1. The number of hydrogen-bond donors (Lipinski definition) is 1. The van der Waals surface area contributed by atoms with E-state index in [2.05, 4.69) is 74.3 Å². The third-order valence-electron chi connectivity index (χ3n) is 5.40. The van der Waals surface area contributed by atoms with Gasteiger partial charge in [-0.3, -0.25) is 4.99 Å². The standard InChI is InChI=1S/C23H24N2/c1-4-20-19-12-16(2)14-23(20,24-15-18-8-6-5-7-9-18)21-11-10-17(3)25-22(21)13-19/h4-12,15,19,25H,3,13-14H2,1-2H3. The van der Waals surface area contributed by atoms with Gasteiger partial charge in [-0.2, -0.15) is 0 Å². The van der Waals surface area contributed by atoms with Crippen LogP contribution in [-0.4, -0.2) is 11.8 Å². The van der Waals surface area contributed by atoms with E-state index in [1.54, 1.807) is 0 Å². The third kappa shape index (κ3) is 2.62. The average molecular weight is 328 g/mol. The molecule has 1 aromatic rings. The van der Waals surface area contributed by atoms with Crippen LogP contribution in [0.3, 0.4) is 0 Å². The average Bonchev–Trinajstić information content (AvgIpc) is 2.60. The number of fused-ring (bicyclic) bond motifs is 3. The molecule has 0 saturated heterocycles. The summed E-state index contributed by atoms with van der Waals surface area (Å²) in [5, 5.41) is 3.50. The van der Waals surface area contributed by atoms with Crippen LogP contribution < -0.4 is 5.32 Å². The van der Waals surface area contributed by atoms with Gasteiger partial charge in [0.15, 0.2) is 0 Å². The third-order valence-corrected chi connectivity index (χ3v) is 5.40. The predicted molar refractivity (Wildman–Crippen MR) is 105 cm³/mol. The monoisotopic (exact) mass is 328 g/mol. The van der Waals surface area contributed by atoms with Crippen LogP contribution in [0.2, 0.25) is 0 Å². The van der Waals surface area contributed by atoms with Gasteiger partial charge in [-0.25, -0.2) is 0 Å². The van der Waals surface area contributed by atoms with Gasteiger partial charge < -0.3 is 5.32 Å². The first kappa shape index (κ1) is 15.9. The van der Waals surface area contributed by atoms with Crippen molar-refractivity contribution < 1.29 is 0 Å². The van der Waals surface area contributed by atoms with E-state index in [1.807, 2.05) is 12.3 Å². The van der Waals surface area contributed by atoms with Crippen LogP contribution in [0.5, 0.6) is 0 Å². The lowest BCUT2D eigenvalue weighted by atomic mass is 9.62. The molecule has 3 aliphatic rings. The number of rotatable bonds is 2. The number of dihydropyridines is 1. The highest BCUT2D eigenvalue weighted by Crippen LogP contribution is 2.52. The van der Waals surface area contributed by atoms with Gasteiger partial charge in [0.25, 0.3) is 0 Å². The van der Waals surface area contributed by atoms with Crippen LogP contribution in [0.4, 0.5) is 0 Å². The Kier molecular flexibility index (Phi) is 3.84. The van der Waals surface area contributed by atoms with Crippen molar-refractivity contribution >= 4 is 6.21 Å². The quantitative estimate of drug-likeness (QED) is 0.593. The highest BCUT2D eigenvalue weighted by Gasteiger charge is 2.47. The largest absolute Gasteiger partial charge is 0.359 e. The Bertz CT molecular complexity index is 865. The molecule has 0 aromatic heterocycles. The Balaban J connectivity index is 1.88. The Morgan fingerprint density at radius 3 is 2.80 bits per heavy atom. The van der Waals surface area contributed by atoms with Gasteiger partial charge in [-0.15, -0.1) is 0 Å². The molecule has 1 N–H and O–H groups in total. The fourth-order valence-electron chi connectivity index (χ4n) is 4.45. The highest BCUT2D eigenvalue weighted by atomic mass is 15.0. The fourth-order valence-corrected chi connectivity index (χ4v) is 4.45. The van der Waals surface area contributed by atoms with Crippen LogP contribution in [0.1, 0.15) is 32.3 Å². The predicted octanol–water partition coefficient (Wildman–Crippen LogP) is 5.09. The van der Waals surface area contributed by atoms with Gasteiger partial charge in [0.2, 0.25) is 0 Å². The van der Waals surface area contributed by atoms with E-state index in [-0.39, 0.29) is 5.54 Å². The summed E-state index contributed by atoms with van der Waals surface area (Å²) in [6.07, 6.45) is 12.9. The minimum Gasteiger partial charge on any atom is -0.359 e. The van der Waals surface area contributed by atoms with Crippen LogP contribution in [0.25, 0.3) is 0 Å². The van der Waals surface area contributed by atoms with Crippen molar-refractivity contribution in [1.82, 2.24) is 5.32 Å². The molecular formula is C23H24N2. The second-order valence-electron chi connectivity index (χ2n) is 7.15. The molecule has 2 atom stereocenters. The lowest BCUT2D eigenvalue weighted by Crippen LogP contribution is -2.44. The molecule has 0 spiro atoms. The maximum absolute atomic E-state index is 5.20. The molecule has 126 valence electrons. The zero-order valence-electron chi connectivity index (χ0n) is 14.9. The summed E-state index contributed by atoms with van der Waals surface area (Å²) in [5.74, 6) is 0.414. The van der Waals surface area contributed by atoms with Crippen molar-refractivity contribution in [1.29, 1.82) is 0 Å². The van der Waals surface area contributed by atoms with Gasteiger partial charge in [0.05, 0.1) is 0 Å². The summed E-state index contributed by atoms with van der Waals surface area (Å²) in [4.78, 5) is 5.20. The van der Waals surface area contributed by atoms with Crippen molar-refractivity contribution in [3.8, 4) is 0 Å². The maximum Gasteiger partial charge on any atom is 0.113 e. The van der Waals surface area contributed by atoms with E-state index in [4.69, 9.17) is 4.99 Å². The Morgan fingerprint density at radius 2 is 2.04 bits per heavy atom. The molecule has 2 bridgehead atoms. The van der Waals surface area contributed by atoms with E-state index < -0.39 is 0 Å². The molecule has 0 radical (unpaired) electrons. The molecular weight excluding hydrogens is 304 g/mol. The molecule has 1 aliphatic heterocycles. The molecule has 0 fully saturated rings. The molecule has 0 amide bonds. The summed E-state index contributed by atoms with van der Waals surface area (Å²) >= 11 is 0. The minimum absolute atomic E-state index is 0.300. The van der Waals surface area contributed by atoms with E-state index in [9.17, 15) is 0 Å². The molecule has 25 heavy (non-hydrogen) atoms. The van der Waals surface area contributed by atoms with Crippen molar-refractivity contribution in [2.75, 3.05) is 0 Å². The van der Waals surface area contributed by atoms with E-state index in [0.717, 1.165) is 24.1 Å². The first-order valence-electron chi connectivity index (χ1n) is 8.94. The lowest BCUT2D eigenvalue weighted by Gasteiger charge is -2.47. The maximum atomic E-state index is 5.20. The van der Waals surface area contributed by atoms with Crippen molar-refractivity contribution in [2.24, 2.45) is 10.9 Å². The Hall–Kier alpha value is -2.61. The van der Waals surface area contributed by atoms with E-state index in [0.29, 0.717) is 5.92 Å². The summed E-state index contributed by atoms with van der Waals surface area (Å²) in [6.45, 7) is 8.45. The van der Waals surface area contributed by atoms with Gasteiger partial charge in [-0.1, -0.05) is 60.7 Å². The van der Waals surface area contributed by atoms with Crippen LogP contribution in [-0.2, 0) is 0 Å². The molecule has 2 nitrogen and oxygen atoms in total. The van der Waals surface area contributed by atoms with Gasteiger partial charge in [0.1, 0.15) is 5.54 Å². The number of allylic oxidation sites excluding steroid dienone is 4. The fraction of sp³-hybridized carbons (Fsp3) is 0.261. The zero-order valence-corrected chi connectivity index (χ0v) is 14.9. The molecule has 2 unspecified atom stereocenters. The van der Waals surface area contributed by atoms with Crippen LogP contribution in [0, 0.1) is 5.92 Å². The van der Waals surface area contributed by atoms with E-state index in [1.165, 1.54) is 22.4 Å². The Morgan fingerprint density at radius 1 is 1.24 bits per heavy atom. The Labute approximate surface area is 150 Å². The zero-order chi connectivity index (χ0) is 17.4. The molecule has 2 heteroatoms. The van der Waals surface area contributed by atoms with E-state index >= 15 is 0 Å². The molecule has 1 heterocycles. The summed E-state index contributed by atoms with van der Waals surface area (Å²) in [5.41, 5.74) is 7.21. The highest BCUT2D eigenvalue weighted by molar-refractivity contribution is 5.81. The van der Waals surface area contributed by atoms with Crippen molar-refractivity contribution in [2.45, 2.75) is 32.2 Å². The molecule has 1 aromatic carbocycles. The van der Waals surface area contributed by atoms with Gasteiger partial charge >= 0.3 is 0 Å². The van der Waals surface area contributed by atoms with Crippen molar-refractivity contribution in [3.63, 3.8) is 0 Å². The first-order valence-corrected chi connectivity index (χ1v) is 8.94. The summed E-state index contributed by atoms with van der Waals surface area (Å²) < 4.78 is 0. The smallest absolute Gasteiger partial charge is 0.113 e. The second-order valence-corrected chi connectivity index (χ2v) is 7.15. The SMILES string of the molecule is C=C1C=CC2=C(CC3C=C(C)CC2(N=Cc2ccccc2)C3=CC)N1. The van der Waals surface area contributed by atoms with Crippen molar-refractivity contribution in [3.05, 3.63) is 94.9 Å². The molecule has 4 rings (SSSR count). The molecule has 0 saturated carbocycles.